The SMILES string of the molecule is C=CCOC(=O)C1=C(C)N=c2s/c(=C\c3cn(-c4ccccc4)nc3-c3ccc(OCC=C)cc3)c(=O)n2C1c1ccc(OC)cc1. The van der Waals surface area contributed by atoms with Gasteiger partial charge in [-0.2, -0.15) is 5.10 Å². The molecule has 5 aromatic rings. The molecule has 6 rings (SSSR count). The molecular weight excluding hydrogens is 612 g/mol. The molecule has 236 valence electrons. The predicted molar refractivity (Wildman–Crippen MR) is 183 cm³/mol. The fourth-order valence-corrected chi connectivity index (χ4v) is 6.37. The number of thiazole rings is 1. The normalized spacial score (nSPS) is 14.3. The molecule has 2 aromatic heterocycles. The number of carbonyl (C=O) groups excluding carboxylic acids is 1. The van der Waals surface area contributed by atoms with Crippen LogP contribution in [-0.4, -0.2) is 40.6 Å². The number of carbonyl (C=O) groups is 1. The van der Waals surface area contributed by atoms with Crippen LogP contribution < -0.4 is 24.4 Å². The Morgan fingerprint density at radius 3 is 2.34 bits per heavy atom. The second-order valence-corrected chi connectivity index (χ2v) is 11.6. The van der Waals surface area contributed by atoms with Crippen LogP contribution >= 0.6 is 11.3 Å². The minimum Gasteiger partial charge on any atom is -0.497 e. The van der Waals surface area contributed by atoms with E-state index in [1.807, 2.05) is 79.0 Å². The molecular formula is C37H32N4O5S. The third kappa shape index (κ3) is 6.36. The Kier molecular flexibility index (Phi) is 9.12. The first-order chi connectivity index (χ1) is 22.9. The van der Waals surface area contributed by atoms with Crippen molar-refractivity contribution in [2.75, 3.05) is 20.3 Å². The van der Waals surface area contributed by atoms with E-state index in [0.29, 0.717) is 38.8 Å². The number of aromatic nitrogens is 3. The van der Waals surface area contributed by atoms with Crippen molar-refractivity contribution in [2.24, 2.45) is 4.99 Å². The topological polar surface area (TPSA) is 96.9 Å². The second-order valence-electron chi connectivity index (χ2n) is 10.6. The van der Waals surface area contributed by atoms with E-state index in [2.05, 4.69) is 13.2 Å². The molecule has 0 bridgehead atoms. The van der Waals surface area contributed by atoms with Crippen molar-refractivity contribution < 1.29 is 19.0 Å². The summed E-state index contributed by atoms with van der Waals surface area (Å²) in [5, 5.41) is 4.92. The quantitative estimate of drug-likeness (QED) is 0.141. The monoisotopic (exact) mass is 644 g/mol. The standard InChI is InChI=1S/C37H32N4O5S/c1-5-20-45-30-18-12-25(13-19-30)33-27(23-40(39-33)28-10-8-7-9-11-28)22-31-35(42)41-34(26-14-16-29(44-4)17-15-26)32(36(43)46-21-6-2)24(3)38-37(41)47-31/h5-19,22-23,34H,1-2,20-21H2,3-4H3/b31-22-. The molecule has 0 aliphatic carbocycles. The van der Waals surface area contributed by atoms with Crippen molar-refractivity contribution >= 4 is 23.4 Å². The Morgan fingerprint density at radius 1 is 0.957 bits per heavy atom. The summed E-state index contributed by atoms with van der Waals surface area (Å²) in [5.41, 5.74) is 4.34. The molecule has 1 atom stereocenters. The van der Waals surface area contributed by atoms with Gasteiger partial charge in [-0.25, -0.2) is 14.5 Å². The molecule has 0 radical (unpaired) electrons. The number of rotatable bonds is 11. The first-order valence-corrected chi connectivity index (χ1v) is 15.7. The highest BCUT2D eigenvalue weighted by Gasteiger charge is 2.33. The fraction of sp³-hybridized carbons (Fsp3) is 0.135. The number of ether oxygens (including phenoxy) is 3. The molecule has 9 nitrogen and oxygen atoms in total. The highest BCUT2D eigenvalue weighted by Crippen LogP contribution is 2.32. The van der Waals surface area contributed by atoms with E-state index in [1.54, 1.807) is 41.5 Å². The highest BCUT2D eigenvalue weighted by molar-refractivity contribution is 7.07. The van der Waals surface area contributed by atoms with Crippen LogP contribution in [-0.2, 0) is 9.53 Å². The minimum atomic E-state index is -0.758. The van der Waals surface area contributed by atoms with Crippen LogP contribution in [0.1, 0.15) is 24.1 Å². The average molecular weight is 645 g/mol. The zero-order valence-electron chi connectivity index (χ0n) is 26.0. The summed E-state index contributed by atoms with van der Waals surface area (Å²) in [6.07, 6.45) is 6.92. The molecule has 0 amide bonds. The number of hydrogen-bond donors (Lipinski definition) is 0. The minimum absolute atomic E-state index is 0.0326. The maximum atomic E-state index is 14.3. The number of fused-ring (bicyclic) bond motifs is 1. The van der Waals surface area contributed by atoms with Crippen LogP contribution in [0.2, 0.25) is 0 Å². The summed E-state index contributed by atoms with van der Waals surface area (Å²) in [6.45, 7) is 9.54. The number of para-hydroxylation sites is 1. The maximum Gasteiger partial charge on any atom is 0.338 e. The first-order valence-electron chi connectivity index (χ1n) is 14.9. The van der Waals surface area contributed by atoms with Crippen molar-refractivity contribution in [3.63, 3.8) is 0 Å². The molecule has 0 saturated heterocycles. The molecule has 3 heterocycles. The van der Waals surface area contributed by atoms with E-state index in [1.165, 1.54) is 17.4 Å². The number of methoxy groups -OCH3 is 1. The molecule has 47 heavy (non-hydrogen) atoms. The van der Waals surface area contributed by atoms with Gasteiger partial charge in [0, 0.05) is 17.3 Å². The van der Waals surface area contributed by atoms with Crippen LogP contribution in [0.4, 0.5) is 0 Å². The summed E-state index contributed by atoms with van der Waals surface area (Å²) in [7, 11) is 1.58. The lowest BCUT2D eigenvalue weighted by molar-refractivity contribution is -0.138. The zero-order chi connectivity index (χ0) is 32.9. The van der Waals surface area contributed by atoms with Gasteiger partial charge in [-0.1, -0.05) is 67.0 Å². The number of hydrogen-bond acceptors (Lipinski definition) is 8. The van der Waals surface area contributed by atoms with Crippen molar-refractivity contribution in [1.82, 2.24) is 14.3 Å². The van der Waals surface area contributed by atoms with Crippen molar-refractivity contribution in [3.8, 4) is 28.4 Å². The zero-order valence-corrected chi connectivity index (χ0v) is 26.8. The van der Waals surface area contributed by atoms with Gasteiger partial charge < -0.3 is 14.2 Å². The van der Waals surface area contributed by atoms with Crippen LogP contribution in [0.15, 0.2) is 131 Å². The number of allylic oxidation sites excluding steroid dienone is 1. The smallest absolute Gasteiger partial charge is 0.338 e. The van der Waals surface area contributed by atoms with Gasteiger partial charge in [0.2, 0.25) is 0 Å². The Morgan fingerprint density at radius 2 is 1.66 bits per heavy atom. The van der Waals surface area contributed by atoms with Gasteiger partial charge in [0.1, 0.15) is 30.4 Å². The number of esters is 1. The highest BCUT2D eigenvalue weighted by atomic mass is 32.1. The molecule has 0 saturated carbocycles. The van der Waals surface area contributed by atoms with Crippen LogP contribution in [0.3, 0.4) is 0 Å². The van der Waals surface area contributed by atoms with Gasteiger partial charge in [-0.15, -0.1) is 0 Å². The molecule has 0 spiro atoms. The summed E-state index contributed by atoms with van der Waals surface area (Å²) in [6, 6.07) is 23.9. The molecule has 0 fully saturated rings. The summed E-state index contributed by atoms with van der Waals surface area (Å²) >= 11 is 1.25. The van der Waals surface area contributed by atoms with Crippen LogP contribution in [0.25, 0.3) is 23.0 Å². The predicted octanol–water partition coefficient (Wildman–Crippen LogP) is 5.39. The van der Waals surface area contributed by atoms with E-state index in [4.69, 9.17) is 24.3 Å². The molecule has 1 unspecified atom stereocenters. The Bertz CT molecular complexity index is 2160. The molecule has 1 aliphatic heterocycles. The van der Waals surface area contributed by atoms with E-state index in [-0.39, 0.29) is 17.7 Å². The second kappa shape index (κ2) is 13.7. The third-order valence-corrected chi connectivity index (χ3v) is 8.53. The lowest BCUT2D eigenvalue weighted by Gasteiger charge is -2.24. The van der Waals surface area contributed by atoms with Gasteiger partial charge in [-0.05, 0) is 67.1 Å². The summed E-state index contributed by atoms with van der Waals surface area (Å²) < 4.78 is 20.3. The van der Waals surface area contributed by atoms with Crippen molar-refractivity contribution in [3.05, 3.63) is 152 Å². The van der Waals surface area contributed by atoms with Crippen LogP contribution in [0, 0.1) is 0 Å². The molecule has 0 N–H and O–H groups in total. The lowest BCUT2D eigenvalue weighted by atomic mass is 9.96. The Balaban J connectivity index is 1.51. The van der Waals surface area contributed by atoms with Crippen molar-refractivity contribution in [1.29, 1.82) is 0 Å². The summed E-state index contributed by atoms with van der Waals surface area (Å²) in [4.78, 5) is 32.8. The van der Waals surface area contributed by atoms with Gasteiger partial charge in [0.15, 0.2) is 4.80 Å². The van der Waals surface area contributed by atoms with Crippen molar-refractivity contribution in [2.45, 2.75) is 13.0 Å². The van der Waals surface area contributed by atoms with E-state index in [0.717, 1.165) is 22.4 Å². The largest absolute Gasteiger partial charge is 0.497 e. The molecule has 10 heteroatoms. The Labute approximate surface area is 275 Å². The number of nitrogens with zero attached hydrogens (tertiary/aromatic N) is 4. The van der Waals surface area contributed by atoms with Gasteiger partial charge in [-0.3, -0.25) is 9.36 Å². The fourth-order valence-electron chi connectivity index (χ4n) is 5.33. The first kappa shape index (κ1) is 31.3. The van der Waals surface area contributed by atoms with E-state index >= 15 is 0 Å². The van der Waals surface area contributed by atoms with Gasteiger partial charge in [0.05, 0.1) is 34.6 Å². The van der Waals surface area contributed by atoms with Gasteiger partial charge >= 0.3 is 5.97 Å². The summed E-state index contributed by atoms with van der Waals surface area (Å²) in [5.74, 6) is 0.802. The van der Waals surface area contributed by atoms with E-state index in [9.17, 15) is 9.59 Å². The lowest BCUT2D eigenvalue weighted by Crippen LogP contribution is -2.39. The molecule has 1 aliphatic rings. The molecule has 3 aromatic carbocycles. The van der Waals surface area contributed by atoms with Gasteiger partial charge in [0.25, 0.3) is 5.56 Å². The van der Waals surface area contributed by atoms with Crippen LogP contribution in [0.5, 0.6) is 11.5 Å². The Hall–Kier alpha value is -5.74. The third-order valence-electron chi connectivity index (χ3n) is 7.55. The maximum absolute atomic E-state index is 14.3. The average Bonchev–Trinajstić information content (AvgIpc) is 3.66. The number of benzene rings is 3. The van der Waals surface area contributed by atoms with E-state index < -0.39 is 12.0 Å².